The lowest BCUT2D eigenvalue weighted by Gasteiger charge is -2.19. The van der Waals surface area contributed by atoms with Gasteiger partial charge in [0.2, 0.25) is 5.91 Å². The molecule has 4 nitrogen and oxygen atoms in total. The Hall–Kier alpha value is -2.17. The van der Waals surface area contributed by atoms with Crippen molar-refractivity contribution in [3.8, 4) is 0 Å². The number of aliphatic hydroxyl groups excluding tert-OH is 2. The molecule has 0 spiro atoms. The molecule has 1 amide bonds. The van der Waals surface area contributed by atoms with Crippen molar-refractivity contribution in [1.82, 2.24) is 5.32 Å². The van der Waals surface area contributed by atoms with Crippen LogP contribution in [0.25, 0.3) is 0 Å². The number of nitrogens with one attached hydrogen (secondary N) is 1. The van der Waals surface area contributed by atoms with Crippen molar-refractivity contribution in [2.75, 3.05) is 6.61 Å². The molecule has 0 bridgehead atoms. The second-order valence-electron chi connectivity index (χ2n) is 15.8. The Kier molecular flexibility index (Phi) is 44.4. The topological polar surface area (TPSA) is 69.6 Å². The first-order chi connectivity index (χ1) is 27.2. The van der Waals surface area contributed by atoms with E-state index < -0.39 is 12.1 Å². The van der Waals surface area contributed by atoms with Crippen molar-refractivity contribution in [2.45, 2.75) is 238 Å². The Labute approximate surface area is 342 Å². The molecule has 0 aliphatic rings. The third-order valence-corrected chi connectivity index (χ3v) is 10.4. The molecular formula is C51H91NO3. The van der Waals surface area contributed by atoms with E-state index in [0.717, 1.165) is 57.8 Å². The minimum absolute atomic E-state index is 0.0781. The Bertz CT molecular complexity index is 961. The zero-order chi connectivity index (χ0) is 40.0. The molecule has 0 fully saturated rings. The largest absolute Gasteiger partial charge is 0.394 e. The van der Waals surface area contributed by atoms with Gasteiger partial charge in [0.05, 0.1) is 18.8 Å². The molecule has 4 heteroatoms. The van der Waals surface area contributed by atoms with Gasteiger partial charge in [-0.3, -0.25) is 4.79 Å². The van der Waals surface area contributed by atoms with Crippen LogP contribution in [-0.4, -0.2) is 34.9 Å². The monoisotopic (exact) mass is 766 g/mol. The molecule has 318 valence electrons. The van der Waals surface area contributed by atoms with Crippen molar-refractivity contribution in [1.29, 1.82) is 0 Å². The van der Waals surface area contributed by atoms with Gasteiger partial charge in [0.25, 0.3) is 0 Å². The van der Waals surface area contributed by atoms with E-state index in [-0.39, 0.29) is 12.5 Å². The molecule has 0 saturated carbocycles. The van der Waals surface area contributed by atoms with Crippen LogP contribution in [0.2, 0.25) is 0 Å². The third-order valence-electron chi connectivity index (χ3n) is 10.4. The number of allylic oxidation sites excluding steroid dienone is 11. The lowest BCUT2D eigenvalue weighted by molar-refractivity contribution is -0.123. The summed E-state index contributed by atoms with van der Waals surface area (Å²) in [5.41, 5.74) is 0. The summed E-state index contributed by atoms with van der Waals surface area (Å²) in [7, 11) is 0. The molecule has 0 heterocycles. The molecule has 55 heavy (non-hydrogen) atoms. The van der Waals surface area contributed by atoms with E-state index in [9.17, 15) is 15.0 Å². The van der Waals surface area contributed by atoms with E-state index in [1.807, 2.05) is 6.08 Å². The standard InChI is InChI=1S/C51H91NO3/c1-3-5-7-9-11-13-15-17-19-21-23-24-25-26-27-28-29-31-33-35-37-39-41-43-45-47-51(55)52-49(48-53)50(54)46-44-42-40-38-36-34-32-30-22-20-18-16-14-12-10-8-6-4-2/h5,7,11,13,17,19,23-24,36,38,44,46,49-50,53-54H,3-4,6,8-10,12,14-16,18,20-22,25-35,37,39-43,45,47-48H2,1-2H3,(H,52,55)/b7-5-,13-11-,19-17-,24-23-,38-36+,46-44+. The predicted octanol–water partition coefficient (Wildman–Crippen LogP) is 15.1. The SMILES string of the molecule is CC/C=C\C/C=C\C/C=C\C/C=C\CCCCCCCCCCCCCCC(=O)NC(CO)C(O)/C=C/CC/C=C/CCCCCCCCCCCCCC. The normalized spacial score (nSPS) is 13.6. The van der Waals surface area contributed by atoms with Gasteiger partial charge in [0.1, 0.15) is 0 Å². The molecule has 2 unspecified atom stereocenters. The summed E-state index contributed by atoms with van der Waals surface area (Å²) in [5.74, 6) is -0.0781. The van der Waals surface area contributed by atoms with Crippen LogP contribution in [-0.2, 0) is 4.79 Å². The van der Waals surface area contributed by atoms with E-state index in [1.54, 1.807) is 6.08 Å². The molecule has 2 atom stereocenters. The van der Waals surface area contributed by atoms with Crippen LogP contribution in [0.3, 0.4) is 0 Å². The first-order valence-corrected chi connectivity index (χ1v) is 23.7. The van der Waals surface area contributed by atoms with Gasteiger partial charge in [0.15, 0.2) is 0 Å². The molecule has 0 aliphatic heterocycles. The molecule has 0 aromatic rings. The summed E-state index contributed by atoms with van der Waals surface area (Å²) in [6.45, 7) is 4.19. The van der Waals surface area contributed by atoms with Crippen LogP contribution in [0.4, 0.5) is 0 Å². The van der Waals surface area contributed by atoms with Gasteiger partial charge in [-0.2, -0.15) is 0 Å². The summed E-state index contributed by atoms with van der Waals surface area (Å²) in [6, 6.07) is -0.643. The van der Waals surface area contributed by atoms with Crippen LogP contribution in [0, 0.1) is 0 Å². The van der Waals surface area contributed by atoms with E-state index in [1.165, 1.54) is 148 Å². The molecule has 0 aromatic carbocycles. The van der Waals surface area contributed by atoms with Gasteiger partial charge in [0, 0.05) is 6.42 Å². The van der Waals surface area contributed by atoms with Crippen molar-refractivity contribution in [2.24, 2.45) is 0 Å². The number of unbranched alkanes of at least 4 members (excludes halogenated alkanes) is 25. The molecule has 0 saturated heterocycles. The number of hydrogen-bond donors (Lipinski definition) is 3. The lowest BCUT2D eigenvalue weighted by Crippen LogP contribution is -2.45. The Morgan fingerprint density at radius 3 is 1.27 bits per heavy atom. The Balaban J connectivity index is 3.60. The number of amides is 1. The minimum Gasteiger partial charge on any atom is -0.394 e. The second kappa shape index (κ2) is 46.2. The molecule has 3 N–H and O–H groups in total. The smallest absolute Gasteiger partial charge is 0.220 e. The average molecular weight is 766 g/mol. The second-order valence-corrected chi connectivity index (χ2v) is 15.8. The summed E-state index contributed by atoms with van der Waals surface area (Å²) in [6.07, 6.45) is 65.9. The highest BCUT2D eigenvalue weighted by molar-refractivity contribution is 5.76. The summed E-state index contributed by atoms with van der Waals surface area (Å²) in [5, 5.41) is 23.0. The molecule has 0 radical (unpaired) electrons. The summed E-state index contributed by atoms with van der Waals surface area (Å²) < 4.78 is 0. The van der Waals surface area contributed by atoms with Gasteiger partial charge in [-0.1, -0.05) is 222 Å². The molecule has 0 rings (SSSR count). The number of carbonyl (C=O) groups excluding carboxylic acids is 1. The van der Waals surface area contributed by atoms with Crippen LogP contribution in [0.5, 0.6) is 0 Å². The highest BCUT2D eigenvalue weighted by Crippen LogP contribution is 2.15. The summed E-state index contributed by atoms with van der Waals surface area (Å²) >= 11 is 0. The van der Waals surface area contributed by atoms with E-state index in [0.29, 0.717) is 6.42 Å². The zero-order valence-corrected chi connectivity index (χ0v) is 36.4. The minimum atomic E-state index is -0.866. The van der Waals surface area contributed by atoms with Crippen LogP contribution >= 0.6 is 0 Å². The van der Waals surface area contributed by atoms with E-state index in [2.05, 4.69) is 79.9 Å². The van der Waals surface area contributed by atoms with Crippen LogP contribution in [0.1, 0.15) is 226 Å². The van der Waals surface area contributed by atoms with Gasteiger partial charge < -0.3 is 15.5 Å². The Morgan fingerprint density at radius 1 is 0.455 bits per heavy atom. The highest BCUT2D eigenvalue weighted by Gasteiger charge is 2.17. The summed E-state index contributed by atoms with van der Waals surface area (Å²) in [4.78, 5) is 12.4. The number of hydrogen-bond acceptors (Lipinski definition) is 3. The number of carbonyl (C=O) groups is 1. The van der Waals surface area contributed by atoms with E-state index >= 15 is 0 Å². The molecular weight excluding hydrogens is 675 g/mol. The lowest BCUT2D eigenvalue weighted by atomic mass is 10.0. The maximum Gasteiger partial charge on any atom is 0.220 e. The van der Waals surface area contributed by atoms with Crippen molar-refractivity contribution >= 4 is 5.91 Å². The maximum atomic E-state index is 12.4. The quantitative estimate of drug-likeness (QED) is 0.0428. The van der Waals surface area contributed by atoms with E-state index in [4.69, 9.17) is 0 Å². The molecule has 0 aliphatic carbocycles. The van der Waals surface area contributed by atoms with Crippen LogP contribution in [0.15, 0.2) is 72.9 Å². The fraction of sp³-hybridized carbons (Fsp3) is 0.745. The maximum absolute atomic E-state index is 12.4. The molecule has 0 aromatic heterocycles. The fourth-order valence-electron chi connectivity index (χ4n) is 6.83. The van der Waals surface area contributed by atoms with Gasteiger partial charge in [-0.15, -0.1) is 0 Å². The number of aliphatic hydroxyl groups is 2. The predicted molar refractivity (Wildman–Crippen MR) is 244 cm³/mol. The van der Waals surface area contributed by atoms with Gasteiger partial charge in [-0.25, -0.2) is 0 Å². The van der Waals surface area contributed by atoms with Gasteiger partial charge in [-0.05, 0) is 70.6 Å². The van der Waals surface area contributed by atoms with Crippen molar-refractivity contribution in [3.63, 3.8) is 0 Å². The fourth-order valence-corrected chi connectivity index (χ4v) is 6.83. The first-order valence-electron chi connectivity index (χ1n) is 23.7. The van der Waals surface area contributed by atoms with Crippen molar-refractivity contribution in [3.05, 3.63) is 72.9 Å². The number of rotatable bonds is 42. The Morgan fingerprint density at radius 2 is 0.818 bits per heavy atom. The first kappa shape index (κ1) is 52.8. The highest BCUT2D eigenvalue weighted by atomic mass is 16.3. The van der Waals surface area contributed by atoms with Gasteiger partial charge >= 0.3 is 0 Å². The zero-order valence-electron chi connectivity index (χ0n) is 36.4. The average Bonchev–Trinajstić information content (AvgIpc) is 3.19. The van der Waals surface area contributed by atoms with Crippen LogP contribution < -0.4 is 5.32 Å². The van der Waals surface area contributed by atoms with Crippen molar-refractivity contribution < 1.29 is 15.0 Å². The third kappa shape index (κ3) is 42.8.